The van der Waals surface area contributed by atoms with E-state index in [9.17, 15) is 4.79 Å². The molecule has 0 amide bonds. The van der Waals surface area contributed by atoms with Crippen LogP contribution >= 0.6 is 0 Å². The summed E-state index contributed by atoms with van der Waals surface area (Å²) in [6.45, 7) is 9.80. The predicted octanol–water partition coefficient (Wildman–Crippen LogP) is 5.16. The molecule has 1 aromatic heterocycles. The zero-order valence-corrected chi connectivity index (χ0v) is 17.0. The van der Waals surface area contributed by atoms with Gasteiger partial charge in [0.05, 0.1) is 18.1 Å². The van der Waals surface area contributed by atoms with Crippen molar-refractivity contribution in [2.45, 2.75) is 53.2 Å². The summed E-state index contributed by atoms with van der Waals surface area (Å²) in [6.07, 6.45) is 2.05. The lowest BCUT2D eigenvalue weighted by Gasteiger charge is -2.13. The topological polar surface area (TPSA) is 64.3 Å². The first-order valence-electron chi connectivity index (χ1n) is 9.73. The second-order valence-corrected chi connectivity index (χ2v) is 7.86. The van der Waals surface area contributed by atoms with E-state index in [2.05, 4.69) is 42.7 Å². The van der Waals surface area contributed by atoms with Gasteiger partial charge in [-0.15, -0.1) is 0 Å². The first-order valence-corrected chi connectivity index (χ1v) is 9.73. The number of aryl methyl sites for hydroxylation is 1. The minimum Gasteiger partial charge on any atom is -0.489 e. The van der Waals surface area contributed by atoms with Gasteiger partial charge >= 0.3 is 5.97 Å². The van der Waals surface area contributed by atoms with Crippen molar-refractivity contribution in [2.24, 2.45) is 5.92 Å². The van der Waals surface area contributed by atoms with Crippen molar-refractivity contribution in [3.8, 4) is 5.75 Å². The molecule has 3 rings (SSSR count). The van der Waals surface area contributed by atoms with Gasteiger partial charge in [0.15, 0.2) is 0 Å². The number of hydrogen-bond acceptors (Lipinski definition) is 3. The van der Waals surface area contributed by atoms with Crippen molar-refractivity contribution in [2.75, 3.05) is 0 Å². The number of ether oxygens (including phenoxy) is 1. The minimum absolute atomic E-state index is 0.0163. The number of aliphatic carboxylic acids is 1. The van der Waals surface area contributed by atoms with Crippen LogP contribution in [0.2, 0.25) is 0 Å². The fourth-order valence-electron chi connectivity index (χ4n) is 3.47. The van der Waals surface area contributed by atoms with Gasteiger partial charge in [-0.25, -0.2) is 0 Å². The largest absolute Gasteiger partial charge is 0.489 e. The van der Waals surface area contributed by atoms with Gasteiger partial charge in [-0.1, -0.05) is 45.0 Å². The molecule has 0 aliphatic rings. The summed E-state index contributed by atoms with van der Waals surface area (Å²) in [4.78, 5) is 10.9. The molecular formula is C23H28N2O3. The molecule has 0 spiro atoms. The number of carboxylic acids is 1. The van der Waals surface area contributed by atoms with Gasteiger partial charge in [0.1, 0.15) is 12.4 Å². The maximum atomic E-state index is 10.9. The van der Waals surface area contributed by atoms with E-state index in [0.29, 0.717) is 12.5 Å². The molecule has 148 valence electrons. The highest BCUT2D eigenvalue weighted by molar-refractivity contribution is 5.83. The van der Waals surface area contributed by atoms with E-state index in [1.165, 1.54) is 11.1 Å². The number of rotatable bonds is 8. The molecule has 1 atom stereocenters. The van der Waals surface area contributed by atoms with E-state index in [1.807, 2.05) is 37.4 Å². The second-order valence-electron chi connectivity index (χ2n) is 7.86. The van der Waals surface area contributed by atoms with Gasteiger partial charge in [0.25, 0.3) is 0 Å². The smallest absolute Gasteiger partial charge is 0.303 e. The zero-order valence-electron chi connectivity index (χ0n) is 17.0. The Labute approximate surface area is 165 Å². The normalized spacial score (nSPS) is 12.5. The lowest BCUT2D eigenvalue weighted by molar-refractivity contribution is -0.137. The molecule has 0 aliphatic carbocycles. The summed E-state index contributed by atoms with van der Waals surface area (Å²) in [5, 5.41) is 14.6. The molecule has 2 aromatic carbocycles. The van der Waals surface area contributed by atoms with Gasteiger partial charge in [-0.3, -0.25) is 9.48 Å². The zero-order chi connectivity index (χ0) is 20.3. The molecule has 28 heavy (non-hydrogen) atoms. The van der Waals surface area contributed by atoms with Crippen molar-refractivity contribution >= 4 is 16.9 Å². The van der Waals surface area contributed by atoms with Crippen molar-refractivity contribution < 1.29 is 14.6 Å². The van der Waals surface area contributed by atoms with E-state index in [1.54, 1.807) is 0 Å². The van der Waals surface area contributed by atoms with Crippen molar-refractivity contribution in [1.29, 1.82) is 0 Å². The fourth-order valence-corrected chi connectivity index (χ4v) is 3.47. The number of carboxylic acid groups (broad SMARTS) is 1. The molecule has 1 heterocycles. The van der Waals surface area contributed by atoms with Gasteiger partial charge in [0, 0.05) is 11.9 Å². The van der Waals surface area contributed by atoms with Crippen LogP contribution in [0, 0.1) is 12.8 Å². The average molecular weight is 380 g/mol. The average Bonchev–Trinajstić information content (AvgIpc) is 3.04. The van der Waals surface area contributed by atoms with E-state index >= 15 is 0 Å². The maximum Gasteiger partial charge on any atom is 0.303 e. The molecule has 1 unspecified atom stereocenters. The van der Waals surface area contributed by atoms with Crippen LogP contribution in [0.1, 0.15) is 49.8 Å². The lowest BCUT2D eigenvalue weighted by atomic mass is 9.98. The molecule has 1 N–H and O–H groups in total. The molecule has 5 nitrogen and oxygen atoms in total. The predicted molar refractivity (Wildman–Crippen MR) is 111 cm³/mol. The highest BCUT2D eigenvalue weighted by Gasteiger charge is 2.12. The third-order valence-corrected chi connectivity index (χ3v) is 5.03. The summed E-state index contributed by atoms with van der Waals surface area (Å²) < 4.78 is 8.07. The Morgan fingerprint density at radius 3 is 2.50 bits per heavy atom. The first-order chi connectivity index (χ1) is 13.3. The van der Waals surface area contributed by atoms with Crippen LogP contribution in [0.25, 0.3) is 10.9 Å². The summed E-state index contributed by atoms with van der Waals surface area (Å²) in [5.74, 6) is 0.513. The Morgan fingerprint density at radius 2 is 1.86 bits per heavy atom. The minimum atomic E-state index is -0.782. The van der Waals surface area contributed by atoms with E-state index in [4.69, 9.17) is 9.84 Å². The Morgan fingerprint density at radius 1 is 1.14 bits per heavy atom. The third-order valence-electron chi connectivity index (χ3n) is 5.03. The SMILES string of the molecule is Cc1c(COc2ccc(C(C)CC(=O)O)cc2)ccc2cnn(CC(C)C)c12. The van der Waals surface area contributed by atoms with Crippen LogP contribution in [0.4, 0.5) is 0 Å². The van der Waals surface area contributed by atoms with Gasteiger partial charge < -0.3 is 9.84 Å². The van der Waals surface area contributed by atoms with Crippen LogP contribution in [0.3, 0.4) is 0 Å². The molecule has 0 fully saturated rings. The van der Waals surface area contributed by atoms with Crippen molar-refractivity contribution in [1.82, 2.24) is 9.78 Å². The number of carbonyl (C=O) groups is 1. The van der Waals surface area contributed by atoms with Crippen molar-refractivity contribution in [3.05, 3.63) is 59.3 Å². The maximum absolute atomic E-state index is 10.9. The van der Waals surface area contributed by atoms with Gasteiger partial charge in [-0.05, 0) is 47.6 Å². The third kappa shape index (κ3) is 4.53. The van der Waals surface area contributed by atoms with Crippen LogP contribution in [-0.2, 0) is 17.9 Å². The molecule has 0 bridgehead atoms. The fraction of sp³-hybridized carbons (Fsp3) is 0.391. The number of benzene rings is 2. The molecule has 0 radical (unpaired) electrons. The molecule has 0 saturated carbocycles. The van der Waals surface area contributed by atoms with Crippen LogP contribution in [-0.4, -0.2) is 20.9 Å². The monoisotopic (exact) mass is 380 g/mol. The molecule has 5 heteroatoms. The summed E-state index contributed by atoms with van der Waals surface area (Å²) in [5.41, 5.74) is 4.52. The summed E-state index contributed by atoms with van der Waals surface area (Å²) in [6, 6.07) is 11.9. The Hall–Kier alpha value is -2.82. The number of hydrogen-bond donors (Lipinski definition) is 1. The number of aromatic nitrogens is 2. The highest BCUT2D eigenvalue weighted by Crippen LogP contribution is 2.25. The lowest BCUT2D eigenvalue weighted by Crippen LogP contribution is -2.07. The summed E-state index contributed by atoms with van der Waals surface area (Å²) >= 11 is 0. The first kappa shape index (κ1) is 19.9. The molecule has 0 saturated heterocycles. The number of fused-ring (bicyclic) bond motifs is 1. The van der Waals surface area contributed by atoms with Crippen LogP contribution in [0.5, 0.6) is 5.75 Å². The van der Waals surface area contributed by atoms with Crippen LogP contribution in [0.15, 0.2) is 42.6 Å². The van der Waals surface area contributed by atoms with E-state index in [0.717, 1.165) is 28.8 Å². The van der Waals surface area contributed by atoms with Crippen LogP contribution < -0.4 is 4.74 Å². The summed E-state index contributed by atoms with van der Waals surface area (Å²) in [7, 11) is 0. The van der Waals surface area contributed by atoms with E-state index in [-0.39, 0.29) is 12.3 Å². The van der Waals surface area contributed by atoms with E-state index < -0.39 is 5.97 Å². The number of nitrogens with zero attached hydrogens (tertiary/aromatic N) is 2. The van der Waals surface area contributed by atoms with Gasteiger partial charge in [0.2, 0.25) is 0 Å². The van der Waals surface area contributed by atoms with Gasteiger partial charge in [-0.2, -0.15) is 5.10 Å². The molecular weight excluding hydrogens is 352 g/mol. The molecule has 0 aliphatic heterocycles. The Bertz CT molecular complexity index is 958. The second kappa shape index (κ2) is 8.46. The Balaban J connectivity index is 1.73. The van der Waals surface area contributed by atoms with Crippen molar-refractivity contribution in [3.63, 3.8) is 0 Å². The molecule has 3 aromatic rings. The standard InChI is InChI=1S/C23H28N2O3/c1-15(2)13-25-23-17(4)20(6-5-19(23)12-24-25)14-28-21-9-7-18(8-10-21)16(3)11-22(26)27/h5-10,12,15-16H,11,13-14H2,1-4H3,(H,26,27). The Kier molecular flexibility index (Phi) is 6.02. The quantitative estimate of drug-likeness (QED) is 0.586. The highest BCUT2D eigenvalue weighted by atomic mass is 16.5.